The largest absolute Gasteiger partial charge is 0.490 e. The Balaban J connectivity index is 1.24. The van der Waals surface area contributed by atoms with E-state index in [1.54, 1.807) is 0 Å². The molecule has 1 aliphatic heterocycles. The normalized spacial score (nSPS) is 17.8. The maximum absolute atomic E-state index is 12.8. The van der Waals surface area contributed by atoms with Gasteiger partial charge >= 0.3 is 0 Å². The van der Waals surface area contributed by atoms with Crippen molar-refractivity contribution < 1.29 is 9.53 Å². The van der Waals surface area contributed by atoms with Crippen molar-refractivity contribution in [3.63, 3.8) is 0 Å². The standard InChI is InChI=1S/C23H27N3O2S/c1-15-22(29-16(2)24-15)23(27)25-11-8-18(9-12-25)28-21-5-3-4-20-19(21)10-13-26(20)14-17-6-7-17/h3-5,10,13,17-18H,6-9,11-12,14H2,1-2H3. The number of aryl methyl sites for hydroxylation is 2. The van der Waals surface area contributed by atoms with Crippen molar-refractivity contribution >= 4 is 28.1 Å². The van der Waals surface area contributed by atoms with Crippen molar-refractivity contribution in [2.24, 2.45) is 5.92 Å². The summed E-state index contributed by atoms with van der Waals surface area (Å²) in [6, 6.07) is 8.53. The van der Waals surface area contributed by atoms with Gasteiger partial charge in [-0.2, -0.15) is 0 Å². The zero-order chi connectivity index (χ0) is 20.0. The minimum absolute atomic E-state index is 0.116. The molecule has 6 heteroatoms. The molecule has 0 N–H and O–H groups in total. The monoisotopic (exact) mass is 409 g/mol. The van der Waals surface area contributed by atoms with E-state index in [0.29, 0.717) is 0 Å². The van der Waals surface area contributed by atoms with Crippen LogP contribution in [0.25, 0.3) is 10.9 Å². The first-order valence-electron chi connectivity index (χ1n) is 10.6. The second-order valence-corrected chi connectivity index (χ2v) is 9.56. The van der Waals surface area contributed by atoms with Crippen LogP contribution in [0.15, 0.2) is 30.5 Å². The third-order valence-corrected chi connectivity index (χ3v) is 7.11. The zero-order valence-corrected chi connectivity index (χ0v) is 17.9. The lowest BCUT2D eigenvalue weighted by molar-refractivity contribution is 0.0601. The molecule has 0 spiro atoms. The molecule has 0 radical (unpaired) electrons. The Hall–Kier alpha value is -2.34. The summed E-state index contributed by atoms with van der Waals surface area (Å²) < 4.78 is 8.76. The number of carbonyl (C=O) groups is 1. The third-order valence-electron chi connectivity index (χ3n) is 6.05. The van der Waals surface area contributed by atoms with E-state index < -0.39 is 0 Å². The molecule has 5 nitrogen and oxygen atoms in total. The molecule has 1 saturated heterocycles. The van der Waals surface area contributed by atoms with Crippen LogP contribution in [-0.4, -0.2) is 39.6 Å². The van der Waals surface area contributed by atoms with Crippen LogP contribution < -0.4 is 4.74 Å². The van der Waals surface area contributed by atoms with E-state index in [9.17, 15) is 4.79 Å². The third kappa shape index (κ3) is 3.78. The molecule has 1 aromatic carbocycles. The highest BCUT2D eigenvalue weighted by molar-refractivity contribution is 7.13. The number of hydrogen-bond acceptors (Lipinski definition) is 4. The summed E-state index contributed by atoms with van der Waals surface area (Å²) in [5.74, 6) is 1.93. The number of fused-ring (bicyclic) bond motifs is 1. The lowest BCUT2D eigenvalue weighted by atomic mass is 10.1. The quantitative estimate of drug-likeness (QED) is 0.608. The Bertz CT molecular complexity index is 1040. The molecule has 0 bridgehead atoms. The van der Waals surface area contributed by atoms with Gasteiger partial charge in [-0.3, -0.25) is 4.79 Å². The SMILES string of the molecule is Cc1nc(C)c(C(=O)N2CCC(Oc3cccc4c3ccn4CC3CC3)CC2)s1. The van der Waals surface area contributed by atoms with Crippen LogP contribution in [-0.2, 0) is 6.54 Å². The van der Waals surface area contributed by atoms with Crippen molar-refractivity contribution in [3.05, 3.63) is 46.0 Å². The Morgan fingerprint density at radius 2 is 1.97 bits per heavy atom. The molecule has 1 saturated carbocycles. The minimum Gasteiger partial charge on any atom is -0.490 e. The number of benzene rings is 1. The topological polar surface area (TPSA) is 47.4 Å². The molecular formula is C23H27N3O2S. The van der Waals surface area contributed by atoms with Gasteiger partial charge in [-0.1, -0.05) is 6.07 Å². The molecule has 1 aliphatic carbocycles. The molecule has 1 amide bonds. The highest BCUT2D eigenvalue weighted by atomic mass is 32.1. The van der Waals surface area contributed by atoms with E-state index in [0.717, 1.165) is 59.7 Å². The van der Waals surface area contributed by atoms with E-state index in [4.69, 9.17) is 4.74 Å². The first-order chi connectivity index (χ1) is 14.1. The van der Waals surface area contributed by atoms with Gasteiger partial charge in [0.25, 0.3) is 5.91 Å². The maximum atomic E-state index is 12.8. The first-order valence-corrected chi connectivity index (χ1v) is 11.4. The molecular weight excluding hydrogens is 382 g/mol. The number of ether oxygens (including phenoxy) is 1. The van der Waals surface area contributed by atoms with Gasteiger partial charge in [-0.15, -0.1) is 11.3 Å². The fourth-order valence-corrected chi connectivity index (χ4v) is 5.15. The molecule has 2 aromatic heterocycles. The Kier molecular flexibility index (Phi) is 4.82. The van der Waals surface area contributed by atoms with Crippen LogP contribution in [0.3, 0.4) is 0 Å². The fraction of sp³-hybridized carbons (Fsp3) is 0.478. The van der Waals surface area contributed by atoms with E-state index in [-0.39, 0.29) is 12.0 Å². The number of hydrogen-bond donors (Lipinski definition) is 0. The number of amides is 1. The van der Waals surface area contributed by atoms with Gasteiger partial charge in [0.15, 0.2) is 0 Å². The van der Waals surface area contributed by atoms with Crippen LogP contribution in [0.1, 0.15) is 46.1 Å². The summed E-state index contributed by atoms with van der Waals surface area (Å²) in [6.45, 7) is 6.46. The average molecular weight is 410 g/mol. The molecule has 2 fully saturated rings. The van der Waals surface area contributed by atoms with Gasteiger partial charge < -0.3 is 14.2 Å². The number of carbonyl (C=O) groups excluding carboxylic acids is 1. The van der Waals surface area contributed by atoms with Crippen molar-refractivity contribution in [2.75, 3.05) is 13.1 Å². The van der Waals surface area contributed by atoms with Gasteiger partial charge in [0.2, 0.25) is 0 Å². The number of nitrogens with zero attached hydrogens (tertiary/aromatic N) is 3. The summed E-state index contributed by atoms with van der Waals surface area (Å²) in [4.78, 5) is 19.9. The molecule has 0 atom stereocenters. The van der Waals surface area contributed by atoms with Crippen molar-refractivity contribution in [3.8, 4) is 5.75 Å². The van der Waals surface area contributed by atoms with Gasteiger partial charge in [0.05, 0.1) is 16.2 Å². The van der Waals surface area contributed by atoms with E-state index >= 15 is 0 Å². The van der Waals surface area contributed by atoms with Crippen LogP contribution in [0.5, 0.6) is 5.75 Å². The number of thiazole rings is 1. The van der Waals surface area contributed by atoms with Crippen LogP contribution in [0.2, 0.25) is 0 Å². The average Bonchev–Trinajstić information content (AvgIpc) is 3.34. The lowest BCUT2D eigenvalue weighted by Gasteiger charge is -2.32. The molecule has 2 aliphatic rings. The van der Waals surface area contributed by atoms with Crippen molar-refractivity contribution in [2.45, 2.75) is 52.2 Å². The summed E-state index contributed by atoms with van der Waals surface area (Å²) in [7, 11) is 0. The predicted octanol–water partition coefficient (Wildman–Crippen LogP) is 4.81. The van der Waals surface area contributed by atoms with E-state index in [2.05, 4.69) is 40.0 Å². The highest BCUT2D eigenvalue weighted by Crippen LogP contribution is 2.34. The summed E-state index contributed by atoms with van der Waals surface area (Å²) in [5, 5.41) is 2.15. The highest BCUT2D eigenvalue weighted by Gasteiger charge is 2.27. The van der Waals surface area contributed by atoms with Gasteiger partial charge in [-0.05, 0) is 50.8 Å². The van der Waals surface area contributed by atoms with Gasteiger partial charge in [-0.25, -0.2) is 4.98 Å². The second kappa shape index (κ2) is 7.48. The van der Waals surface area contributed by atoms with Crippen LogP contribution in [0.4, 0.5) is 0 Å². The number of piperidine rings is 1. The molecule has 0 unspecified atom stereocenters. The first kappa shape index (κ1) is 18.7. The molecule has 29 heavy (non-hydrogen) atoms. The maximum Gasteiger partial charge on any atom is 0.265 e. The Morgan fingerprint density at radius 1 is 1.17 bits per heavy atom. The smallest absolute Gasteiger partial charge is 0.265 e. The number of aromatic nitrogens is 2. The Morgan fingerprint density at radius 3 is 2.66 bits per heavy atom. The van der Waals surface area contributed by atoms with E-state index in [1.165, 1.54) is 35.1 Å². The zero-order valence-electron chi connectivity index (χ0n) is 17.1. The van der Waals surface area contributed by atoms with Crippen LogP contribution in [0, 0.1) is 19.8 Å². The molecule has 152 valence electrons. The molecule has 3 heterocycles. The fourth-order valence-electron chi connectivity index (χ4n) is 4.27. The molecule has 3 aromatic rings. The van der Waals surface area contributed by atoms with Crippen molar-refractivity contribution in [1.82, 2.24) is 14.5 Å². The van der Waals surface area contributed by atoms with Crippen LogP contribution >= 0.6 is 11.3 Å². The number of rotatable bonds is 5. The summed E-state index contributed by atoms with van der Waals surface area (Å²) in [6.07, 6.45) is 6.78. The lowest BCUT2D eigenvalue weighted by Crippen LogP contribution is -2.41. The minimum atomic E-state index is 0.116. The van der Waals surface area contributed by atoms with Gasteiger partial charge in [0, 0.05) is 44.1 Å². The van der Waals surface area contributed by atoms with Crippen molar-refractivity contribution in [1.29, 1.82) is 0 Å². The Labute approximate surface area is 175 Å². The number of likely N-dealkylation sites (tertiary alicyclic amines) is 1. The second-order valence-electron chi connectivity index (χ2n) is 8.36. The predicted molar refractivity (Wildman–Crippen MR) is 116 cm³/mol. The summed E-state index contributed by atoms with van der Waals surface area (Å²) >= 11 is 1.50. The van der Waals surface area contributed by atoms with E-state index in [1.807, 2.05) is 18.7 Å². The van der Waals surface area contributed by atoms with Gasteiger partial charge in [0.1, 0.15) is 16.7 Å². The molecule has 5 rings (SSSR count). The summed E-state index contributed by atoms with van der Waals surface area (Å²) in [5.41, 5.74) is 2.11.